The van der Waals surface area contributed by atoms with Crippen LogP contribution in [0.25, 0.3) is 4.96 Å². The topological polar surface area (TPSA) is 69.1 Å². The van der Waals surface area contributed by atoms with E-state index < -0.39 is 0 Å². The molecule has 2 aromatic rings. The van der Waals surface area contributed by atoms with E-state index in [4.69, 9.17) is 10.8 Å². The summed E-state index contributed by atoms with van der Waals surface area (Å²) in [4.78, 5) is 0.910. The van der Waals surface area contributed by atoms with Crippen molar-refractivity contribution < 1.29 is 0 Å². The standard InChI is InChI=1S/C13H19N5S/c14-13(7-4-8-13)11-17-18-10(15-16-12(18)19-11)9-5-2-1-3-6-9/h9H,1-8,14H2. The Bertz CT molecular complexity index is 591. The van der Waals surface area contributed by atoms with Gasteiger partial charge in [0.1, 0.15) is 5.01 Å². The van der Waals surface area contributed by atoms with E-state index in [9.17, 15) is 0 Å². The van der Waals surface area contributed by atoms with Gasteiger partial charge < -0.3 is 5.73 Å². The quantitative estimate of drug-likeness (QED) is 0.916. The lowest BCUT2D eigenvalue weighted by molar-refractivity contribution is 0.250. The molecule has 0 spiro atoms. The maximum Gasteiger partial charge on any atom is 0.234 e. The third-order valence-corrected chi connectivity index (χ3v) is 5.78. The van der Waals surface area contributed by atoms with Crippen LogP contribution in [0, 0.1) is 0 Å². The highest BCUT2D eigenvalue weighted by Gasteiger charge is 2.38. The number of fused-ring (bicyclic) bond motifs is 1. The summed E-state index contributed by atoms with van der Waals surface area (Å²) in [5.41, 5.74) is 6.18. The van der Waals surface area contributed by atoms with E-state index in [1.165, 1.54) is 38.5 Å². The average Bonchev–Trinajstić information content (AvgIpc) is 2.96. The van der Waals surface area contributed by atoms with E-state index in [1.807, 2.05) is 4.52 Å². The molecule has 2 aliphatic rings. The number of nitrogens with two attached hydrogens (primary N) is 1. The van der Waals surface area contributed by atoms with Gasteiger partial charge >= 0.3 is 0 Å². The first-order valence-electron chi connectivity index (χ1n) is 7.28. The smallest absolute Gasteiger partial charge is 0.234 e. The highest BCUT2D eigenvalue weighted by molar-refractivity contribution is 7.16. The molecule has 0 atom stereocenters. The first kappa shape index (κ1) is 11.8. The van der Waals surface area contributed by atoms with Crippen molar-refractivity contribution in [1.82, 2.24) is 19.8 Å². The van der Waals surface area contributed by atoms with Crippen LogP contribution in [-0.4, -0.2) is 19.8 Å². The van der Waals surface area contributed by atoms with Crippen LogP contribution in [0.5, 0.6) is 0 Å². The molecule has 2 aliphatic carbocycles. The van der Waals surface area contributed by atoms with Crippen LogP contribution >= 0.6 is 11.3 Å². The molecule has 0 aromatic carbocycles. The van der Waals surface area contributed by atoms with Crippen LogP contribution < -0.4 is 5.73 Å². The molecule has 2 aromatic heterocycles. The molecule has 102 valence electrons. The van der Waals surface area contributed by atoms with Gasteiger partial charge in [-0.2, -0.15) is 9.61 Å². The van der Waals surface area contributed by atoms with Crippen molar-refractivity contribution in [3.63, 3.8) is 0 Å². The SMILES string of the molecule is NC1(c2nn3c(C4CCCCC4)nnc3s2)CCC1. The highest BCUT2D eigenvalue weighted by Crippen LogP contribution is 2.41. The fourth-order valence-corrected chi connectivity index (χ4v) is 4.23. The van der Waals surface area contributed by atoms with Gasteiger partial charge in [0.15, 0.2) is 5.82 Å². The predicted molar refractivity (Wildman–Crippen MR) is 74.2 cm³/mol. The van der Waals surface area contributed by atoms with Crippen molar-refractivity contribution in [2.45, 2.75) is 62.8 Å². The number of aromatic nitrogens is 4. The van der Waals surface area contributed by atoms with E-state index in [-0.39, 0.29) is 5.54 Å². The minimum Gasteiger partial charge on any atom is -0.319 e. The molecule has 0 aliphatic heterocycles. The first-order chi connectivity index (χ1) is 9.26. The Hall–Kier alpha value is -1.01. The first-order valence-corrected chi connectivity index (χ1v) is 8.09. The van der Waals surface area contributed by atoms with Crippen molar-refractivity contribution in [1.29, 1.82) is 0 Å². The van der Waals surface area contributed by atoms with E-state index in [0.717, 1.165) is 28.6 Å². The van der Waals surface area contributed by atoms with Crippen LogP contribution in [0.4, 0.5) is 0 Å². The van der Waals surface area contributed by atoms with Gasteiger partial charge in [-0.05, 0) is 32.1 Å². The number of hydrogen-bond acceptors (Lipinski definition) is 5. The lowest BCUT2D eigenvalue weighted by Gasteiger charge is -2.35. The zero-order valence-electron chi connectivity index (χ0n) is 11.0. The second-order valence-corrected chi connectivity index (χ2v) is 6.96. The van der Waals surface area contributed by atoms with Crippen LogP contribution in [0.1, 0.15) is 68.1 Å². The van der Waals surface area contributed by atoms with Crippen molar-refractivity contribution in [3.8, 4) is 0 Å². The van der Waals surface area contributed by atoms with Gasteiger partial charge in [0.25, 0.3) is 0 Å². The molecule has 2 heterocycles. The highest BCUT2D eigenvalue weighted by atomic mass is 32.1. The van der Waals surface area contributed by atoms with Crippen molar-refractivity contribution in [2.24, 2.45) is 5.73 Å². The van der Waals surface area contributed by atoms with Crippen LogP contribution in [0.3, 0.4) is 0 Å². The van der Waals surface area contributed by atoms with Crippen LogP contribution in [-0.2, 0) is 5.54 Å². The Morgan fingerprint density at radius 3 is 2.58 bits per heavy atom. The maximum absolute atomic E-state index is 6.36. The van der Waals surface area contributed by atoms with Gasteiger partial charge in [0, 0.05) is 5.92 Å². The Morgan fingerprint density at radius 1 is 1.11 bits per heavy atom. The summed E-state index contributed by atoms with van der Waals surface area (Å²) in [6, 6.07) is 0. The van der Waals surface area contributed by atoms with Crippen LogP contribution in [0.2, 0.25) is 0 Å². The minimum absolute atomic E-state index is 0.185. The molecule has 2 saturated carbocycles. The second-order valence-electron chi connectivity index (χ2n) is 6.00. The van der Waals surface area contributed by atoms with Crippen molar-refractivity contribution in [2.75, 3.05) is 0 Å². The zero-order valence-corrected chi connectivity index (χ0v) is 11.8. The number of rotatable bonds is 2. The molecular weight excluding hydrogens is 258 g/mol. The molecule has 0 unspecified atom stereocenters. The van der Waals surface area contributed by atoms with Crippen LogP contribution in [0.15, 0.2) is 0 Å². The van der Waals surface area contributed by atoms with E-state index in [0.29, 0.717) is 5.92 Å². The summed E-state index contributed by atoms with van der Waals surface area (Å²) < 4.78 is 1.96. The molecule has 0 radical (unpaired) electrons. The summed E-state index contributed by atoms with van der Waals surface area (Å²) in [6.45, 7) is 0. The van der Waals surface area contributed by atoms with E-state index in [2.05, 4.69) is 10.2 Å². The zero-order chi connectivity index (χ0) is 12.9. The summed E-state index contributed by atoms with van der Waals surface area (Å²) in [5.74, 6) is 1.59. The molecular formula is C13H19N5S. The summed E-state index contributed by atoms with van der Waals surface area (Å²) in [7, 11) is 0. The minimum atomic E-state index is -0.185. The maximum atomic E-state index is 6.36. The van der Waals surface area contributed by atoms with Gasteiger partial charge in [0.05, 0.1) is 5.54 Å². The molecule has 0 bridgehead atoms. The summed E-state index contributed by atoms with van der Waals surface area (Å²) in [5, 5.41) is 14.4. The summed E-state index contributed by atoms with van der Waals surface area (Å²) >= 11 is 1.62. The lowest BCUT2D eigenvalue weighted by atomic mass is 9.78. The third-order valence-electron chi connectivity index (χ3n) is 4.66. The van der Waals surface area contributed by atoms with Gasteiger partial charge in [-0.25, -0.2) is 0 Å². The van der Waals surface area contributed by atoms with Crippen molar-refractivity contribution >= 4 is 16.3 Å². The number of hydrogen-bond donors (Lipinski definition) is 1. The fourth-order valence-electron chi connectivity index (χ4n) is 3.22. The van der Waals surface area contributed by atoms with E-state index >= 15 is 0 Å². The molecule has 19 heavy (non-hydrogen) atoms. The largest absolute Gasteiger partial charge is 0.319 e. The third kappa shape index (κ3) is 1.80. The molecule has 2 N–H and O–H groups in total. The lowest BCUT2D eigenvalue weighted by Crippen LogP contribution is -2.43. The Balaban J connectivity index is 1.71. The monoisotopic (exact) mass is 277 g/mol. The Labute approximate surface area is 116 Å². The Morgan fingerprint density at radius 2 is 1.89 bits per heavy atom. The molecule has 0 amide bonds. The molecule has 2 fully saturated rings. The van der Waals surface area contributed by atoms with E-state index in [1.54, 1.807) is 11.3 Å². The molecule has 5 nitrogen and oxygen atoms in total. The normalized spacial score (nSPS) is 23.6. The second kappa shape index (κ2) is 4.24. The molecule has 4 rings (SSSR count). The van der Waals surface area contributed by atoms with Crippen molar-refractivity contribution in [3.05, 3.63) is 10.8 Å². The summed E-state index contributed by atoms with van der Waals surface area (Å²) in [6.07, 6.45) is 9.72. The molecule has 0 saturated heterocycles. The van der Waals surface area contributed by atoms with Gasteiger partial charge in [-0.3, -0.25) is 0 Å². The number of nitrogens with zero attached hydrogens (tertiary/aromatic N) is 4. The Kier molecular flexibility index (Phi) is 2.63. The molecule has 6 heteroatoms. The van der Waals surface area contributed by atoms with Gasteiger partial charge in [-0.15, -0.1) is 10.2 Å². The van der Waals surface area contributed by atoms with Gasteiger partial charge in [0.2, 0.25) is 4.96 Å². The average molecular weight is 277 g/mol. The predicted octanol–water partition coefficient (Wildman–Crippen LogP) is 2.57. The fraction of sp³-hybridized carbons (Fsp3) is 0.769. The van der Waals surface area contributed by atoms with Gasteiger partial charge in [-0.1, -0.05) is 30.6 Å².